The molecule has 0 fully saturated rings. The first-order chi connectivity index (χ1) is 5.74. The highest BCUT2D eigenvalue weighted by Crippen LogP contribution is 2.04. The van der Waals surface area contributed by atoms with E-state index in [0.29, 0.717) is 0 Å². The molecule has 0 amide bonds. The maximum absolute atomic E-state index is 4.03. The van der Waals surface area contributed by atoms with E-state index in [0.717, 1.165) is 18.9 Å². The van der Waals surface area contributed by atoms with Crippen molar-refractivity contribution in [3.8, 4) is 0 Å². The molecular formula is C9H17N3. The van der Waals surface area contributed by atoms with Gasteiger partial charge in [0.15, 0.2) is 0 Å². The number of aromatic nitrogens is 3. The van der Waals surface area contributed by atoms with Gasteiger partial charge < -0.3 is 0 Å². The summed E-state index contributed by atoms with van der Waals surface area (Å²) in [5.41, 5.74) is 1.23. The number of rotatable bonds is 4. The predicted molar refractivity (Wildman–Crippen MR) is 48.9 cm³/mol. The minimum absolute atomic E-state index is 0.735. The molecule has 1 aromatic rings. The third kappa shape index (κ3) is 2.32. The molecule has 0 aromatic carbocycles. The van der Waals surface area contributed by atoms with E-state index in [-0.39, 0.29) is 0 Å². The second kappa shape index (κ2) is 4.24. The van der Waals surface area contributed by atoms with Crippen LogP contribution in [0.1, 0.15) is 32.9 Å². The van der Waals surface area contributed by atoms with E-state index >= 15 is 0 Å². The molecule has 3 heteroatoms. The van der Waals surface area contributed by atoms with Crippen LogP contribution in [0, 0.1) is 5.92 Å². The first kappa shape index (κ1) is 9.23. The van der Waals surface area contributed by atoms with Gasteiger partial charge in [0.2, 0.25) is 0 Å². The van der Waals surface area contributed by atoms with Crippen molar-refractivity contribution in [3.63, 3.8) is 0 Å². The van der Waals surface area contributed by atoms with E-state index < -0.39 is 0 Å². The van der Waals surface area contributed by atoms with Crippen LogP contribution >= 0.6 is 0 Å². The molecule has 0 bridgehead atoms. The summed E-state index contributed by atoms with van der Waals surface area (Å²) in [7, 11) is 0. The summed E-state index contributed by atoms with van der Waals surface area (Å²) >= 11 is 0. The van der Waals surface area contributed by atoms with Crippen molar-refractivity contribution < 1.29 is 0 Å². The Morgan fingerprint density at radius 3 is 2.83 bits per heavy atom. The van der Waals surface area contributed by atoms with Crippen LogP contribution in [0.2, 0.25) is 0 Å². The Labute approximate surface area is 73.8 Å². The van der Waals surface area contributed by atoms with E-state index in [2.05, 4.69) is 31.1 Å². The Bertz CT molecular complexity index is 227. The minimum Gasteiger partial charge on any atom is -0.249 e. The SMILES string of the molecule is CCc1cnnn1CCC(C)C. The number of nitrogens with zero attached hydrogens (tertiary/aromatic N) is 3. The summed E-state index contributed by atoms with van der Waals surface area (Å²) in [5, 5.41) is 7.91. The lowest BCUT2D eigenvalue weighted by molar-refractivity contribution is 0.468. The molecule has 1 rings (SSSR count). The fraction of sp³-hybridized carbons (Fsp3) is 0.778. The average Bonchev–Trinajstić information content (AvgIpc) is 2.47. The van der Waals surface area contributed by atoms with Crippen molar-refractivity contribution in [2.45, 2.75) is 40.2 Å². The van der Waals surface area contributed by atoms with Crippen molar-refractivity contribution in [3.05, 3.63) is 11.9 Å². The summed E-state index contributed by atoms with van der Waals surface area (Å²) in [4.78, 5) is 0. The molecule has 0 aliphatic rings. The highest BCUT2D eigenvalue weighted by molar-refractivity contribution is 4.92. The zero-order chi connectivity index (χ0) is 8.97. The van der Waals surface area contributed by atoms with Gasteiger partial charge in [-0.25, -0.2) is 4.68 Å². The molecular weight excluding hydrogens is 150 g/mol. The Balaban J connectivity index is 2.50. The summed E-state index contributed by atoms with van der Waals surface area (Å²) in [6.07, 6.45) is 4.04. The van der Waals surface area contributed by atoms with Crippen LogP contribution in [0.15, 0.2) is 6.20 Å². The van der Waals surface area contributed by atoms with Crippen LogP contribution in [0.4, 0.5) is 0 Å². The molecule has 1 heterocycles. The van der Waals surface area contributed by atoms with E-state index in [1.54, 1.807) is 0 Å². The largest absolute Gasteiger partial charge is 0.249 e. The van der Waals surface area contributed by atoms with Gasteiger partial charge in [0, 0.05) is 6.54 Å². The van der Waals surface area contributed by atoms with E-state index in [9.17, 15) is 0 Å². The van der Waals surface area contributed by atoms with Gasteiger partial charge in [-0.1, -0.05) is 26.0 Å². The maximum Gasteiger partial charge on any atom is 0.0725 e. The third-order valence-corrected chi connectivity index (χ3v) is 1.98. The molecule has 0 unspecified atom stereocenters. The molecule has 0 radical (unpaired) electrons. The zero-order valence-electron chi connectivity index (χ0n) is 8.12. The van der Waals surface area contributed by atoms with E-state index in [1.807, 2.05) is 10.9 Å². The molecule has 0 aliphatic heterocycles. The van der Waals surface area contributed by atoms with Gasteiger partial charge in [-0.15, -0.1) is 5.10 Å². The lowest BCUT2D eigenvalue weighted by Crippen LogP contribution is -2.06. The lowest BCUT2D eigenvalue weighted by Gasteiger charge is -2.06. The van der Waals surface area contributed by atoms with Crippen molar-refractivity contribution in [2.24, 2.45) is 5.92 Å². The van der Waals surface area contributed by atoms with E-state index in [1.165, 1.54) is 12.1 Å². The van der Waals surface area contributed by atoms with Gasteiger partial charge in [0.25, 0.3) is 0 Å². The van der Waals surface area contributed by atoms with E-state index in [4.69, 9.17) is 0 Å². The minimum atomic E-state index is 0.735. The Kier molecular flexibility index (Phi) is 3.26. The van der Waals surface area contributed by atoms with Crippen molar-refractivity contribution in [2.75, 3.05) is 0 Å². The van der Waals surface area contributed by atoms with Crippen LogP contribution in [0.3, 0.4) is 0 Å². The average molecular weight is 167 g/mol. The Morgan fingerprint density at radius 1 is 1.50 bits per heavy atom. The fourth-order valence-electron chi connectivity index (χ4n) is 1.12. The van der Waals surface area contributed by atoms with Gasteiger partial charge in [-0.05, 0) is 18.8 Å². The van der Waals surface area contributed by atoms with Gasteiger partial charge in [-0.3, -0.25) is 0 Å². The fourth-order valence-corrected chi connectivity index (χ4v) is 1.12. The maximum atomic E-state index is 4.03. The van der Waals surface area contributed by atoms with Crippen LogP contribution in [0.25, 0.3) is 0 Å². The lowest BCUT2D eigenvalue weighted by atomic mass is 10.1. The molecule has 0 spiro atoms. The van der Waals surface area contributed by atoms with Crippen LogP contribution in [0.5, 0.6) is 0 Å². The second-order valence-electron chi connectivity index (χ2n) is 3.48. The van der Waals surface area contributed by atoms with Crippen LogP contribution in [-0.4, -0.2) is 15.0 Å². The first-order valence-electron chi connectivity index (χ1n) is 4.61. The van der Waals surface area contributed by atoms with Crippen molar-refractivity contribution >= 4 is 0 Å². The standard InChI is InChI=1S/C9H17N3/c1-4-9-7-10-11-12(9)6-5-8(2)3/h7-8H,4-6H2,1-3H3. The van der Waals surface area contributed by atoms with Crippen LogP contribution in [-0.2, 0) is 13.0 Å². The first-order valence-corrected chi connectivity index (χ1v) is 4.61. The van der Waals surface area contributed by atoms with Gasteiger partial charge >= 0.3 is 0 Å². The molecule has 12 heavy (non-hydrogen) atoms. The Hall–Kier alpha value is -0.860. The predicted octanol–water partition coefficient (Wildman–Crippen LogP) is 1.89. The molecule has 0 atom stereocenters. The number of hydrogen-bond donors (Lipinski definition) is 0. The molecule has 0 saturated carbocycles. The molecule has 0 aliphatic carbocycles. The number of aryl methyl sites for hydroxylation is 2. The number of hydrogen-bond acceptors (Lipinski definition) is 2. The summed E-state index contributed by atoms with van der Waals surface area (Å²) < 4.78 is 2.00. The quantitative estimate of drug-likeness (QED) is 0.685. The van der Waals surface area contributed by atoms with Gasteiger partial charge in [-0.2, -0.15) is 0 Å². The molecule has 0 saturated heterocycles. The molecule has 0 N–H and O–H groups in total. The Morgan fingerprint density at radius 2 is 2.25 bits per heavy atom. The smallest absolute Gasteiger partial charge is 0.0725 e. The van der Waals surface area contributed by atoms with Crippen molar-refractivity contribution in [1.29, 1.82) is 0 Å². The summed E-state index contributed by atoms with van der Waals surface area (Å²) in [6.45, 7) is 7.58. The second-order valence-corrected chi connectivity index (χ2v) is 3.48. The van der Waals surface area contributed by atoms with Gasteiger partial charge in [0.1, 0.15) is 0 Å². The third-order valence-electron chi connectivity index (χ3n) is 1.98. The zero-order valence-corrected chi connectivity index (χ0v) is 8.12. The van der Waals surface area contributed by atoms with Crippen molar-refractivity contribution in [1.82, 2.24) is 15.0 Å². The highest BCUT2D eigenvalue weighted by atomic mass is 15.4. The molecule has 68 valence electrons. The normalized spacial score (nSPS) is 11.0. The molecule has 3 nitrogen and oxygen atoms in total. The highest BCUT2D eigenvalue weighted by Gasteiger charge is 2.01. The van der Waals surface area contributed by atoms with Crippen LogP contribution < -0.4 is 0 Å². The topological polar surface area (TPSA) is 30.7 Å². The summed E-state index contributed by atoms with van der Waals surface area (Å²) in [6, 6.07) is 0. The van der Waals surface area contributed by atoms with Gasteiger partial charge in [0.05, 0.1) is 11.9 Å². The summed E-state index contributed by atoms with van der Waals surface area (Å²) in [5.74, 6) is 0.735. The molecule has 1 aromatic heterocycles. The monoisotopic (exact) mass is 167 g/mol.